The van der Waals surface area contributed by atoms with Gasteiger partial charge in [0.2, 0.25) is 5.69 Å². The number of morpholine rings is 1. The summed E-state index contributed by atoms with van der Waals surface area (Å²) in [6.45, 7) is 5.70. The molecule has 0 spiro atoms. The lowest BCUT2D eigenvalue weighted by atomic mass is 10.3. The SMILES string of the molecule is [O-]c1on[n+](-c2ccccc2)c1CNCCN1CCOCC1. The van der Waals surface area contributed by atoms with Crippen molar-refractivity contribution in [2.24, 2.45) is 0 Å². The third kappa shape index (κ3) is 3.62. The molecule has 0 unspecified atom stereocenters. The fraction of sp³-hybridized carbons (Fsp3) is 0.467. The van der Waals surface area contributed by atoms with Gasteiger partial charge in [0, 0.05) is 38.3 Å². The summed E-state index contributed by atoms with van der Waals surface area (Å²) < 4.78 is 11.7. The fourth-order valence-corrected chi connectivity index (χ4v) is 2.45. The number of hydrogen-bond donors (Lipinski definition) is 1. The molecule has 1 aromatic heterocycles. The lowest BCUT2D eigenvalue weighted by molar-refractivity contribution is -0.677. The molecule has 0 radical (unpaired) electrons. The van der Waals surface area contributed by atoms with Crippen LogP contribution in [0.5, 0.6) is 5.95 Å². The predicted molar refractivity (Wildman–Crippen MR) is 76.4 cm³/mol. The fourth-order valence-electron chi connectivity index (χ4n) is 2.45. The number of benzene rings is 1. The van der Waals surface area contributed by atoms with E-state index < -0.39 is 5.95 Å². The van der Waals surface area contributed by atoms with Crippen molar-refractivity contribution in [1.82, 2.24) is 15.5 Å². The molecule has 7 nitrogen and oxygen atoms in total. The number of nitrogens with one attached hydrogen (secondary N) is 1. The molecule has 1 aliphatic rings. The van der Waals surface area contributed by atoms with E-state index in [1.165, 1.54) is 0 Å². The first-order chi connectivity index (χ1) is 10.8. The maximum atomic E-state index is 11.8. The zero-order valence-corrected chi connectivity index (χ0v) is 12.4. The summed E-state index contributed by atoms with van der Waals surface area (Å²) in [6.07, 6.45) is 0. The second kappa shape index (κ2) is 7.35. The monoisotopic (exact) mass is 304 g/mol. The van der Waals surface area contributed by atoms with Crippen molar-refractivity contribution in [1.29, 1.82) is 0 Å². The Labute approximate surface area is 129 Å². The normalized spacial score (nSPS) is 16.0. The van der Waals surface area contributed by atoms with E-state index in [-0.39, 0.29) is 0 Å². The van der Waals surface area contributed by atoms with E-state index in [0.717, 1.165) is 45.1 Å². The first kappa shape index (κ1) is 15.0. The molecule has 118 valence electrons. The van der Waals surface area contributed by atoms with Crippen LogP contribution < -0.4 is 15.1 Å². The van der Waals surface area contributed by atoms with Crippen molar-refractivity contribution in [3.05, 3.63) is 36.0 Å². The second-order valence-electron chi connectivity index (χ2n) is 5.19. The molecule has 1 fully saturated rings. The lowest BCUT2D eigenvalue weighted by Gasteiger charge is -2.26. The van der Waals surface area contributed by atoms with E-state index in [1.807, 2.05) is 30.3 Å². The zero-order chi connectivity index (χ0) is 15.2. The molecule has 1 aromatic carbocycles. The third-order valence-electron chi connectivity index (χ3n) is 3.70. The van der Waals surface area contributed by atoms with Gasteiger partial charge in [-0.2, -0.15) is 0 Å². The van der Waals surface area contributed by atoms with Crippen molar-refractivity contribution in [3.8, 4) is 11.6 Å². The van der Waals surface area contributed by atoms with Crippen molar-refractivity contribution in [3.63, 3.8) is 0 Å². The molecule has 0 saturated carbocycles. The molecule has 0 aliphatic carbocycles. The minimum Gasteiger partial charge on any atom is -0.539 e. The highest BCUT2D eigenvalue weighted by Gasteiger charge is 2.19. The quantitative estimate of drug-likeness (QED) is 0.570. The topological polar surface area (TPSA) is 77.5 Å². The second-order valence-corrected chi connectivity index (χ2v) is 5.19. The molecule has 22 heavy (non-hydrogen) atoms. The highest BCUT2D eigenvalue weighted by atomic mass is 16.6. The Kier molecular flexibility index (Phi) is 4.99. The number of nitrogens with zero attached hydrogens (tertiary/aromatic N) is 3. The minimum absolute atomic E-state index is 0.400. The van der Waals surface area contributed by atoms with Crippen LogP contribution in [0, 0.1) is 0 Å². The smallest absolute Gasteiger partial charge is 0.253 e. The van der Waals surface area contributed by atoms with Gasteiger partial charge in [-0.15, -0.1) is 0 Å². The van der Waals surface area contributed by atoms with Crippen molar-refractivity contribution < 1.29 is 19.0 Å². The van der Waals surface area contributed by atoms with Gasteiger partial charge in [0.05, 0.1) is 25.0 Å². The molecule has 0 amide bonds. The summed E-state index contributed by atoms with van der Waals surface area (Å²) in [4.78, 5) is 2.34. The number of ether oxygens (including phenoxy) is 1. The molecule has 1 saturated heterocycles. The van der Waals surface area contributed by atoms with Crippen LogP contribution in [0.2, 0.25) is 0 Å². The van der Waals surface area contributed by atoms with Crippen molar-refractivity contribution >= 4 is 0 Å². The van der Waals surface area contributed by atoms with E-state index >= 15 is 0 Å². The Hall–Kier alpha value is -1.96. The van der Waals surface area contributed by atoms with Gasteiger partial charge in [-0.05, 0) is 4.68 Å². The number of aromatic nitrogens is 2. The van der Waals surface area contributed by atoms with Crippen LogP contribution in [0.15, 0.2) is 34.9 Å². The van der Waals surface area contributed by atoms with E-state index in [9.17, 15) is 5.11 Å². The van der Waals surface area contributed by atoms with E-state index in [2.05, 4.69) is 15.5 Å². The van der Waals surface area contributed by atoms with E-state index in [1.54, 1.807) is 4.68 Å². The van der Waals surface area contributed by atoms with Gasteiger partial charge < -0.3 is 19.7 Å². The maximum absolute atomic E-state index is 11.8. The summed E-state index contributed by atoms with van der Waals surface area (Å²) in [5.74, 6) is -0.400. The molecule has 2 heterocycles. The largest absolute Gasteiger partial charge is 0.539 e. The van der Waals surface area contributed by atoms with Crippen molar-refractivity contribution in [2.45, 2.75) is 6.54 Å². The van der Waals surface area contributed by atoms with Crippen LogP contribution in [-0.2, 0) is 11.3 Å². The maximum Gasteiger partial charge on any atom is 0.253 e. The first-order valence-electron chi connectivity index (χ1n) is 7.49. The number of hydrogen-bond acceptors (Lipinski definition) is 6. The molecule has 1 N–H and O–H groups in total. The summed E-state index contributed by atoms with van der Waals surface area (Å²) in [7, 11) is 0. The van der Waals surface area contributed by atoms with Crippen LogP contribution in [0.4, 0.5) is 0 Å². The van der Waals surface area contributed by atoms with Crippen LogP contribution in [0.1, 0.15) is 5.69 Å². The van der Waals surface area contributed by atoms with Gasteiger partial charge in [0.1, 0.15) is 0 Å². The standard InChI is InChI=1S/C15H20N4O3/c20-15-14(12-16-6-7-18-8-10-21-11-9-18)19(17-22-15)13-4-2-1-3-5-13/h1-5,16H,6-12H2. The summed E-state index contributed by atoms with van der Waals surface area (Å²) in [6, 6.07) is 9.50. The molecule has 7 heteroatoms. The van der Waals surface area contributed by atoms with E-state index in [0.29, 0.717) is 12.2 Å². The highest BCUT2D eigenvalue weighted by molar-refractivity contribution is 5.22. The Morgan fingerprint density at radius 1 is 1.23 bits per heavy atom. The van der Waals surface area contributed by atoms with Crippen LogP contribution >= 0.6 is 0 Å². The van der Waals surface area contributed by atoms with Gasteiger partial charge in [-0.3, -0.25) is 4.90 Å². The summed E-state index contributed by atoms with van der Waals surface area (Å²) >= 11 is 0. The average Bonchev–Trinajstić information content (AvgIpc) is 2.94. The van der Waals surface area contributed by atoms with Crippen LogP contribution in [-0.4, -0.2) is 49.6 Å². The summed E-state index contributed by atoms with van der Waals surface area (Å²) in [5, 5.41) is 18.9. The lowest BCUT2D eigenvalue weighted by Crippen LogP contribution is -2.42. The van der Waals surface area contributed by atoms with Crippen LogP contribution in [0.25, 0.3) is 5.69 Å². The van der Waals surface area contributed by atoms with E-state index in [4.69, 9.17) is 9.26 Å². The van der Waals surface area contributed by atoms with Gasteiger partial charge in [-0.25, -0.2) is 0 Å². The number of rotatable bonds is 6. The Bertz CT molecular complexity index is 582. The van der Waals surface area contributed by atoms with Crippen molar-refractivity contribution in [2.75, 3.05) is 39.4 Å². The van der Waals surface area contributed by atoms with Gasteiger partial charge in [0.25, 0.3) is 5.69 Å². The molecule has 0 bridgehead atoms. The Morgan fingerprint density at radius 3 is 2.77 bits per heavy atom. The predicted octanol–water partition coefficient (Wildman–Crippen LogP) is -0.553. The highest BCUT2D eigenvalue weighted by Crippen LogP contribution is 2.09. The van der Waals surface area contributed by atoms with Crippen LogP contribution in [0.3, 0.4) is 0 Å². The average molecular weight is 304 g/mol. The van der Waals surface area contributed by atoms with Gasteiger partial charge >= 0.3 is 0 Å². The Balaban J connectivity index is 1.55. The third-order valence-corrected chi connectivity index (χ3v) is 3.70. The Morgan fingerprint density at radius 2 is 2.00 bits per heavy atom. The molecular formula is C15H20N4O3. The van der Waals surface area contributed by atoms with Gasteiger partial charge in [-0.1, -0.05) is 18.2 Å². The number of para-hydroxylation sites is 1. The van der Waals surface area contributed by atoms with Gasteiger partial charge in [0.15, 0.2) is 5.95 Å². The zero-order valence-electron chi connectivity index (χ0n) is 12.4. The first-order valence-corrected chi connectivity index (χ1v) is 7.49. The summed E-state index contributed by atoms with van der Waals surface area (Å²) in [5.41, 5.74) is 1.33. The molecule has 0 atom stereocenters. The molecule has 2 aromatic rings. The molecular weight excluding hydrogens is 284 g/mol. The molecule has 1 aliphatic heterocycles. The molecule has 3 rings (SSSR count). The minimum atomic E-state index is -0.400.